The predicted octanol–water partition coefficient (Wildman–Crippen LogP) is -1.51. The molecule has 0 aliphatic heterocycles. The van der Waals surface area contributed by atoms with Crippen molar-refractivity contribution in [1.29, 1.82) is 0 Å². The lowest BCUT2D eigenvalue weighted by Crippen LogP contribution is -2.72. The molecule has 0 unspecified atom stereocenters. The van der Waals surface area contributed by atoms with E-state index in [-0.39, 0.29) is 6.42 Å². The monoisotopic (exact) mass is 149 g/mol. The number of rotatable bonds is 4. The average Bonchev–Trinajstić information content (AvgIpc) is 1.87. The van der Waals surface area contributed by atoms with Crippen LogP contribution in [0.25, 0.3) is 0 Å². The summed E-state index contributed by atoms with van der Waals surface area (Å²) in [6, 6.07) is -1.22. The number of alkyl halides is 1. The lowest BCUT2D eigenvalue weighted by atomic mass is 10.1. The van der Waals surface area contributed by atoms with Crippen LogP contribution in [0.15, 0.2) is 0 Å². The van der Waals surface area contributed by atoms with E-state index >= 15 is 0 Å². The van der Waals surface area contributed by atoms with Crippen LogP contribution in [0.1, 0.15) is 19.8 Å². The van der Waals surface area contributed by atoms with Gasteiger partial charge in [0.25, 0.3) is 0 Å². The van der Waals surface area contributed by atoms with Gasteiger partial charge in [-0.1, -0.05) is 13.3 Å². The van der Waals surface area contributed by atoms with Crippen molar-refractivity contribution in [2.75, 3.05) is 0 Å². The van der Waals surface area contributed by atoms with Crippen LogP contribution in [0.3, 0.4) is 0 Å². The highest BCUT2D eigenvalue weighted by Crippen LogP contribution is 2.02. The number of quaternary nitrogens is 1. The molecule has 0 aromatic rings. The first kappa shape index (κ1) is 9.36. The molecule has 3 nitrogen and oxygen atoms in total. The minimum atomic E-state index is -1.42. The van der Waals surface area contributed by atoms with Gasteiger partial charge in [-0.3, -0.25) is 0 Å². The van der Waals surface area contributed by atoms with E-state index in [4.69, 9.17) is 0 Å². The molecule has 0 aromatic heterocycles. The predicted molar refractivity (Wildman–Crippen MR) is 31.5 cm³/mol. The number of carboxylic acid groups (broad SMARTS) is 1. The molecule has 0 rings (SSSR count). The van der Waals surface area contributed by atoms with Crippen molar-refractivity contribution >= 4 is 5.97 Å². The highest BCUT2D eigenvalue weighted by atomic mass is 19.1. The number of halogens is 1. The van der Waals surface area contributed by atoms with Gasteiger partial charge in [0.05, 0.1) is 0 Å². The zero-order chi connectivity index (χ0) is 8.15. The molecule has 0 saturated heterocycles. The molecule has 0 heterocycles. The highest BCUT2D eigenvalue weighted by Gasteiger charge is 2.19. The Bertz CT molecular complexity index is 118. The first-order chi connectivity index (χ1) is 4.59. The molecule has 3 N–H and O–H groups in total. The summed E-state index contributed by atoms with van der Waals surface area (Å²) in [7, 11) is 0. The molecular formula is C6H12FNO2. The van der Waals surface area contributed by atoms with E-state index in [1.54, 1.807) is 6.92 Å². The fraction of sp³-hybridized carbons (Fsp3) is 0.833. The van der Waals surface area contributed by atoms with Gasteiger partial charge in [0, 0.05) is 0 Å². The van der Waals surface area contributed by atoms with Crippen LogP contribution in [-0.4, -0.2) is 18.2 Å². The summed E-state index contributed by atoms with van der Waals surface area (Å²) in [5.41, 5.74) is 3.12. The topological polar surface area (TPSA) is 67.8 Å². The number of carboxylic acids is 1. The molecule has 0 amide bonds. The zero-order valence-electron chi connectivity index (χ0n) is 5.97. The van der Waals surface area contributed by atoms with Crippen LogP contribution in [0, 0.1) is 0 Å². The third kappa shape index (κ3) is 2.77. The second-order valence-corrected chi connectivity index (χ2v) is 2.23. The van der Waals surface area contributed by atoms with Crippen LogP contribution in [0.5, 0.6) is 0 Å². The van der Waals surface area contributed by atoms with E-state index in [1.165, 1.54) is 0 Å². The third-order valence-corrected chi connectivity index (χ3v) is 1.30. The molecule has 60 valence electrons. The van der Waals surface area contributed by atoms with Gasteiger partial charge in [-0.05, 0) is 6.42 Å². The second kappa shape index (κ2) is 4.22. The fourth-order valence-electron chi connectivity index (χ4n) is 0.625. The molecule has 0 aliphatic carbocycles. The summed E-state index contributed by atoms with van der Waals surface area (Å²) in [4.78, 5) is 10.0. The number of hydrogen-bond donors (Lipinski definition) is 1. The van der Waals surface area contributed by atoms with Gasteiger partial charge in [0.2, 0.25) is 0 Å². The summed E-state index contributed by atoms with van der Waals surface area (Å²) in [6.07, 6.45) is -0.502. The molecule has 0 bridgehead atoms. The standard InChI is InChI=1S/C6H12FNO2/c1-2-3-4(7)5(8)6(9)10/h4-5H,2-3,8H2,1H3,(H,9,10)/t4-,5+/m0/s1. The summed E-state index contributed by atoms with van der Waals surface area (Å²) >= 11 is 0. The van der Waals surface area contributed by atoms with Crippen molar-refractivity contribution < 1.29 is 20.0 Å². The number of hydrogen-bond acceptors (Lipinski definition) is 2. The number of aliphatic carboxylic acids is 1. The maximum absolute atomic E-state index is 12.6. The minimum Gasteiger partial charge on any atom is -0.544 e. The summed E-state index contributed by atoms with van der Waals surface area (Å²) in [5.74, 6) is -1.42. The Morgan fingerprint density at radius 2 is 2.30 bits per heavy atom. The minimum absolute atomic E-state index is 0.238. The van der Waals surface area contributed by atoms with E-state index < -0.39 is 18.2 Å². The lowest BCUT2D eigenvalue weighted by Gasteiger charge is -2.12. The van der Waals surface area contributed by atoms with Gasteiger partial charge in [0.15, 0.2) is 12.2 Å². The number of carbonyl (C=O) groups is 1. The number of carbonyl (C=O) groups excluding carboxylic acids is 1. The third-order valence-electron chi connectivity index (χ3n) is 1.30. The Labute approximate surface area is 59.0 Å². The lowest BCUT2D eigenvalue weighted by molar-refractivity contribution is -0.447. The first-order valence-electron chi connectivity index (χ1n) is 3.27. The average molecular weight is 149 g/mol. The molecule has 2 atom stereocenters. The van der Waals surface area contributed by atoms with Crippen molar-refractivity contribution in [2.45, 2.75) is 32.0 Å². The van der Waals surface area contributed by atoms with Crippen molar-refractivity contribution in [3.63, 3.8) is 0 Å². The molecular weight excluding hydrogens is 137 g/mol. The van der Waals surface area contributed by atoms with E-state index in [2.05, 4.69) is 5.73 Å². The molecule has 0 radical (unpaired) electrons. The molecule has 4 heteroatoms. The van der Waals surface area contributed by atoms with Gasteiger partial charge in [-0.25, -0.2) is 4.39 Å². The first-order valence-corrected chi connectivity index (χ1v) is 3.27. The van der Waals surface area contributed by atoms with E-state index in [9.17, 15) is 14.3 Å². The molecule has 0 saturated carbocycles. The quantitative estimate of drug-likeness (QED) is 0.527. The summed E-state index contributed by atoms with van der Waals surface area (Å²) < 4.78 is 12.6. The maximum Gasteiger partial charge on any atom is 0.157 e. The Kier molecular flexibility index (Phi) is 3.95. The van der Waals surface area contributed by atoms with Gasteiger partial charge < -0.3 is 15.6 Å². The molecule has 10 heavy (non-hydrogen) atoms. The van der Waals surface area contributed by atoms with Crippen LogP contribution in [0.4, 0.5) is 4.39 Å². The van der Waals surface area contributed by atoms with Gasteiger partial charge in [0.1, 0.15) is 5.97 Å². The maximum atomic E-state index is 12.6. The fourth-order valence-corrected chi connectivity index (χ4v) is 0.625. The Morgan fingerprint density at radius 3 is 2.60 bits per heavy atom. The SMILES string of the molecule is CCC[C@H](F)[C@@H]([NH3+])C(=O)[O-]. The van der Waals surface area contributed by atoms with Crippen molar-refractivity contribution in [1.82, 2.24) is 0 Å². The Hall–Kier alpha value is -0.640. The highest BCUT2D eigenvalue weighted by molar-refractivity contribution is 5.69. The van der Waals surface area contributed by atoms with Crippen LogP contribution >= 0.6 is 0 Å². The van der Waals surface area contributed by atoms with Crippen LogP contribution in [-0.2, 0) is 4.79 Å². The largest absolute Gasteiger partial charge is 0.544 e. The van der Waals surface area contributed by atoms with E-state index in [0.29, 0.717) is 6.42 Å². The van der Waals surface area contributed by atoms with E-state index in [0.717, 1.165) is 0 Å². The van der Waals surface area contributed by atoms with Crippen molar-refractivity contribution in [3.05, 3.63) is 0 Å². The zero-order valence-corrected chi connectivity index (χ0v) is 5.97. The van der Waals surface area contributed by atoms with E-state index in [1.807, 2.05) is 0 Å². The van der Waals surface area contributed by atoms with Gasteiger partial charge in [-0.2, -0.15) is 0 Å². The van der Waals surface area contributed by atoms with Crippen LogP contribution in [0.2, 0.25) is 0 Å². The molecule has 0 spiro atoms. The molecule has 0 aliphatic rings. The van der Waals surface area contributed by atoms with Crippen molar-refractivity contribution in [3.8, 4) is 0 Å². The summed E-state index contributed by atoms with van der Waals surface area (Å²) in [6.45, 7) is 1.79. The van der Waals surface area contributed by atoms with Gasteiger partial charge >= 0.3 is 0 Å². The normalized spacial score (nSPS) is 16.3. The smallest absolute Gasteiger partial charge is 0.157 e. The summed E-state index contributed by atoms with van der Waals surface area (Å²) in [5, 5.41) is 10.0. The second-order valence-electron chi connectivity index (χ2n) is 2.23. The van der Waals surface area contributed by atoms with Gasteiger partial charge in [-0.15, -0.1) is 0 Å². The Morgan fingerprint density at radius 1 is 1.80 bits per heavy atom. The molecule has 0 aromatic carbocycles. The Balaban J connectivity index is 3.69. The van der Waals surface area contributed by atoms with Crippen LogP contribution < -0.4 is 10.8 Å². The molecule has 0 fully saturated rings. The van der Waals surface area contributed by atoms with Crippen molar-refractivity contribution in [2.24, 2.45) is 0 Å².